The van der Waals surface area contributed by atoms with Gasteiger partial charge in [-0.25, -0.2) is 4.68 Å². The van der Waals surface area contributed by atoms with Crippen LogP contribution < -0.4 is 10.1 Å². The van der Waals surface area contributed by atoms with Crippen molar-refractivity contribution in [3.8, 4) is 5.75 Å². The molecule has 1 amide bonds. The third kappa shape index (κ3) is 6.53. The lowest BCUT2D eigenvalue weighted by Gasteiger charge is -2.17. The summed E-state index contributed by atoms with van der Waals surface area (Å²) in [4.78, 5) is 17.0. The van der Waals surface area contributed by atoms with Crippen LogP contribution in [0, 0.1) is 0 Å². The first-order valence-electron chi connectivity index (χ1n) is 10.9. The molecule has 0 unspecified atom stereocenters. The van der Waals surface area contributed by atoms with Gasteiger partial charge in [0.05, 0.1) is 37.7 Å². The summed E-state index contributed by atoms with van der Waals surface area (Å²) in [5.41, 5.74) is 2.86. The van der Waals surface area contributed by atoms with Gasteiger partial charge in [-0.05, 0) is 42.0 Å². The van der Waals surface area contributed by atoms with Crippen LogP contribution in [0.3, 0.4) is 0 Å². The normalized spacial score (nSPS) is 14.6. The van der Waals surface area contributed by atoms with E-state index in [1.54, 1.807) is 6.20 Å². The summed E-state index contributed by atoms with van der Waals surface area (Å²) >= 11 is 0. The average Bonchev–Trinajstić information content (AvgIpc) is 3.56. The molecule has 4 rings (SSSR count). The Kier molecular flexibility index (Phi) is 7.11. The van der Waals surface area contributed by atoms with Crippen LogP contribution in [0.15, 0.2) is 48.8 Å². The number of amides is 1. The van der Waals surface area contributed by atoms with E-state index in [0.717, 1.165) is 11.8 Å². The summed E-state index contributed by atoms with van der Waals surface area (Å²) in [6, 6.07) is 9.98. The number of aromatic nitrogens is 4. The molecule has 2 aromatic heterocycles. The highest BCUT2D eigenvalue weighted by Crippen LogP contribution is 2.39. The smallest absolute Gasteiger partial charge is 0.422 e. The molecule has 1 saturated carbocycles. The number of carbonyl (C=O) groups is 1. The molecule has 1 aliphatic rings. The number of ether oxygens (including phenoxy) is 1. The van der Waals surface area contributed by atoms with Gasteiger partial charge in [0.25, 0.3) is 0 Å². The molecular weight excluding hydrogens is 451 g/mol. The predicted molar refractivity (Wildman–Crippen MR) is 115 cm³/mol. The van der Waals surface area contributed by atoms with Crippen molar-refractivity contribution < 1.29 is 27.8 Å². The molecule has 0 bridgehead atoms. The third-order valence-electron chi connectivity index (χ3n) is 5.34. The summed E-state index contributed by atoms with van der Waals surface area (Å²) in [5, 5.41) is 20.0. The molecule has 1 aromatic carbocycles. The minimum absolute atomic E-state index is 0.0501. The molecule has 2 N–H and O–H groups in total. The van der Waals surface area contributed by atoms with E-state index in [0.29, 0.717) is 17.3 Å². The Balaban J connectivity index is 1.48. The van der Waals surface area contributed by atoms with Gasteiger partial charge in [0.2, 0.25) is 5.91 Å². The van der Waals surface area contributed by atoms with Crippen LogP contribution in [0.2, 0.25) is 0 Å². The van der Waals surface area contributed by atoms with Crippen molar-refractivity contribution in [3.05, 3.63) is 71.3 Å². The molecule has 1 fully saturated rings. The Hall–Kier alpha value is -3.47. The van der Waals surface area contributed by atoms with Crippen molar-refractivity contribution in [2.75, 3.05) is 13.2 Å². The first kappa shape index (κ1) is 23.7. The highest BCUT2D eigenvalue weighted by atomic mass is 19.4. The highest BCUT2D eigenvalue weighted by Gasteiger charge is 2.29. The van der Waals surface area contributed by atoms with E-state index in [1.165, 1.54) is 35.2 Å². The van der Waals surface area contributed by atoms with Crippen molar-refractivity contribution >= 4 is 5.91 Å². The number of pyridine rings is 1. The van der Waals surface area contributed by atoms with Gasteiger partial charge in [-0.1, -0.05) is 29.5 Å². The number of rotatable bonds is 10. The van der Waals surface area contributed by atoms with E-state index < -0.39 is 18.8 Å². The molecular formula is C23H24F3N5O3. The zero-order valence-electron chi connectivity index (χ0n) is 18.2. The topological polar surface area (TPSA) is 102 Å². The van der Waals surface area contributed by atoms with Gasteiger partial charge in [-0.2, -0.15) is 13.2 Å². The lowest BCUT2D eigenvalue weighted by Crippen LogP contribution is -2.31. The minimum Gasteiger partial charge on any atom is -0.483 e. The van der Waals surface area contributed by atoms with Crippen molar-refractivity contribution in [3.63, 3.8) is 0 Å². The summed E-state index contributed by atoms with van der Waals surface area (Å²) < 4.78 is 43.3. The molecule has 3 aromatic rings. The van der Waals surface area contributed by atoms with Crippen LogP contribution in [0.5, 0.6) is 5.75 Å². The number of carbonyl (C=O) groups excluding carboxylic acids is 1. The molecule has 0 spiro atoms. The van der Waals surface area contributed by atoms with Gasteiger partial charge in [0, 0.05) is 0 Å². The summed E-state index contributed by atoms with van der Waals surface area (Å²) in [7, 11) is 0. The molecule has 34 heavy (non-hydrogen) atoms. The van der Waals surface area contributed by atoms with Crippen molar-refractivity contribution in [1.29, 1.82) is 0 Å². The van der Waals surface area contributed by atoms with Crippen LogP contribution in [0.4, 0.5) is 13.2 Å². The van der Waals surface area contributed by atoms with Crippen LogP contribution >= 0.6 is 0 Å². The quantitative estimate of drug-likeness (QED) is 0.468. The SMILES string of the molecule is O=C(Cc1ccc(C2CC2)cc1)N[C@H](c1ccc(OCC(F)(F)F)cn1)c1cn(CCO)nn1. The maximum Gasteiger partial charge on any atom is 0.422 e. The van der Waals surface area contributed by atoms with E-state index in [2.05, 4.69) is 20.6 Å². The Morgan fingerprint density at radius 2 is 1.94 bits per heavy atom. The number of nitrogens with zero attached hydrogens (tertiary/aromatic N) is 4. The van der Waals surface area contributed by atoms with Gasteiger partial charge in [0.1, 0.15) is 17.5 Å². The van der Waals surface area contributed by atoms with Gasteiger partial charge in [0.15, 0.2) is 6.61 Å². The average molecular weight is 475 g/mol. The van der Waals surface area contributed by atoms with Crippen molar-refractivity contribution in [2.45, 2.75) is 43.9 Å². The Morgan fingerprint density at radius 3 is 2.56 bits per heavy atom. The lowest BCUT2D eigenvalue weighted by atomic mass is 10.1. The summed E-state index contributed by atoms with van der Waals surface area (Å²) in [6.07, 6.45) is 0.809. The summed E-state index contributed by atoms with van der Waals surface area (Å²) in [6.45, 7) is -1.35. The van der Waals surface area contributed by atoms with Crippen LogP contribution in [-0.2, 0) is 17.8 Å². The van der Waals surface area contributed by atoms with E-state index in [-0.39, 0.29) is 31.2 Å². The van der Waals surface area contributed by atoms with Crippen molar-refractivity contribution in [1.82, 2.24) is 25.3 Å². The number of aliphatic hydroxyl groups excluding tert-OH is 1. The van der Waals surface area contributed by atoms with Crippen LogP contribution in [0.25, 0.3) is 0 Å². The molecule has 1 aliphatic carbocycles. The molecule has 180 valence electrons. The summed E-state index contributed by atoms with van der Waals surface area (Å²) in [5.74, 6) is 0.300. The lowest BCUT2D eigenvalue weighted by molar-refractivity contribution is -0.153. The zero-order chi connectivity index (χ0) is 24.1. The minimum atomic E-state index is -4.46. The number of aliphatic hydroxyl groups is 1. The molecule has 0 saturated heterocycles. The number of benzene rings is 1. The number of halogens is 3. The first-order valence-corrected chi connectivity index (χ1v) is 10.9. The number of hydrogen-bond donors (Lipinski definition) is 2. The first-order chi connectivity index (χ1) is 16.3. The van der Waals surface area contributed by atoms with Gasteiger partial charge < -0.3 is 15.2 Å². The third-order valence-corrected chi connectivity index (χ3v) is 5.34. The molecule has 0 radical (unpaired) electrons. The van der Waals surface area contributed by atoms with E-state index >= 15 is 0 Å². The van der Waals surface area contributed by atoms with E-state index in [1.807, 2.05) is 24.3 Å². The standard InChI is InChI=1S/C23H24F3N5O3/c24-23(25,26)14-34-18-7-8-19(27-12-18)22(20-13-31(9-10-32)30-29-20)28-21(33)11-15-1-3-16(4-2-15)17-5-6-17/h1-4,7-8,12-13,17,22,32H,5-6,9-11,14H2,(H,28,33)/t22-/m1/s1. The fraction of sp³-hybridized carbons (Fsp3) is 0.391. The maximum absolute atomic E-state index is 12.8. The molecule has 8 nitrogen and oxygen atoms in total. The fourth-order valence-electron chi connectivity index (χ4n) is 3.49. The fourth-order valence-corrected chi connectivity index (χ4v) is 3.49. The Labute approximate surface area is 193 Å². The molecule has 2 heterocycles. The van der Waals surface area contributed by atoms with E-state index in [4.69, 9.17) is 9.84 Å². The molecule has 0 aliphatic heterocycles. The van der Waals surface area contributed by atoms with Gasteiger partial charge in [-0.15, -0.1) is 5.10 Å². The van der Waals surface area contributed by atoms with Crippen LogP contribution in [-0.4, -0.2) is 50.4 Å². The van der Waals surface area contributed by atoms with Crippen LogP contribution in [0.1, 0.15) is 47.3 Å². The number of alkyl halides is 3. The molecule has 1 atom stereocenters. The Morgan fingerprint density at radius 1 is 1.18 bits per heavy atom. The number of nitrogens with one attached hydrogen (secondary N) is 1. The highest BCUT2D eigenvalue weighted by molar-refractivity contribution is 5.79. The monoisotopic (exact) mass is 475 g/mol. The maximum atomic E-state index is 12.8. The number of hydrogen-bond acceptors (Lipinski definition) is 6. The van der Waals surface area contributed by atoms with E-state index in [9.17, 15) is 18.0 Å². The van der Waals surface area contributed by atoms with Crippen molar-refractivity contribution in [2.24, 2.45) is 0 Å². The predicted octanol–water partition coefficient (Wildman–Crippen LogP) is 2.93. The zero-order valence-corrected chi connectivity index (χ0v) is 18.2. The Bertz CT molecular complexity index is 1100. The van der Waals surface area contributed by atoms with Gasteiger partial charge in [-0.3, -0.25) is 9.78 Å². The second kappa shape index (κ2) is 10.2. The molecule has 11 heteroatoms. The second-order valence-electron chi connectivity index (χ2n) is 8.15. The second-order valence-corrected chi connectivity index (χ2v) is 8.15. The largest absolute Gasteiger partial charge is 0.483 e. The van der Waals surface area contributed by atoms with Gasteiger partial charge >= 0.3 is 6.18 Å².